The van der Waals surface area contributed by atoms with Gasteiger partial charge < -0.3 is 14.8 Å². The monoisotopic (exact) mass is 399 g/mol. The minimum Gasteiger partial charge on any atom is -0.494 e. The number of amides is 1. The summed E-state index contributed by atoms with van der Waals surface area (Å²) in [6.45, 7) is 6.77. The van der Waals surface area contributed by atoms with Crippen molar-refractivity contribution in [2.75, 3.05) is 63.1 Å². The number of hydrogen-bond acceptors (Lipinski definition) is 6. The lowest BCUT2D eigenvalue weighted by Gasteiger charge is -2.26. The van der Waals surface area contributed by atoms with E-state index in [2.05, 4.69) is 10.2 Å². The lowest BCUT2D eigenvalue weighted by atomic mass is 10.3. The number of ether oxygens (including phenoxy) is 2. The summed E-state index contributed by atoms with van der Waals surface area (Å²) in [5, 5.41) is 2.80. The van der Waals surface area contributed by atoms with Gasteiger partial charge in [-0.05, 0) is 32.0 Å². The van der Waals surface area contributed by atoms with Gasteiger partial charge in [0.05, 0.1) is 31.8 Å². The fourth-order valence-electron chi connectivity index (χ4n) is 2.84. The quantitative estimate of drug-likeness (QED) is 0.583. The molecule has 1 aromatic carbocycles. The van der Waals surface area contributed by atoms with Crippen LogP contribution in [0.15, 0.2) is 24.3 Å². The fraction of sp³-hybridized carbons (Fsp3) is 0.611. The van der Waals surface area contributed by atoms with Crippen LogP contribution in [0.25, 0.3) is 0 Å². The Labute approximate surface area is 161 Å². The number of morpholine rings is 1. The van der Waals surface area contributed by atoms with Gasteiger partial charge in [-0.25, -0.2) is 8.42 Å². The summed E-state index contributed by atoms with van der Waals surface area (Å²) in [5.74, 6) is 0.235. The molecule has 1 aliphatic heterocycles. The summed E-state index contributed by atoms with van der Waals surface area (Å²) >= 11 is 0. The highest BCUT2D eigenvalue weighted by Gasteiger charge is 2.21. The molecule has 2 rings (SSSR count). The lowest BCUT2D eigenvalue weighted by molar-refractivity contribution is -0.119. The van der Waals surface area contributed by atoms with Crippen molar-refractivity contribution in [1.82, 2.24) is 10.2 Å². The number of hydrogen-bond donors (Lipinski definition) is 1. The smallest absolute Gasteiger partial charge is 0.240 e. The molecule has 0 aliphatic carbocycles. The summed E-state index contributed by atoms with van der Waals surface area (Å²) in [7, 11) is -3.60. The van der Waals surface area contributed by atoms with Crippen LogP contribution in [0.4, 0.5) is 5.69 Å². The molecule has 0 atom stereocenters. The molecule has 9 heteroatoms. The Morgan fingerprint density at radius 2 is 2.07 bits per heavy atom. The Morgan fingerprint density at radius 1 is 1.33 bits per heavy atom. The number of benzene rings is 1. The van der Waals surface area contributed by atoms with Gasteiger partial charge in [0.1, 0.15) is 12.3 Å². The molecule has 1 N–H and O–H groups in total. The Bertz CT molecular complexity index is 705. The van der Waals surface area contributed by atoms with Gasteiger partial charge in [-0.1, -0.05) is 6.07 Å². The van der Waals surface area contributed by atoms with Gasteiger partial charge in [-0.15, -0.1) is 0 Å². The van der Waals surface area contributed by atoms with Crippen molar-refractivity contribution >= 4 is 21.6 Å². The Balaban J connectivity index is 1.88. The van der Waals surface area contributed by atoms with Crippen LogP contribution in [0.1, 0.15) is 13.3 Å². The van der Waals surface area contributed by atoms with Gasteiger partial charge >= 0.3 is 0 Å². The van der Waals surface area contributed by atoms with Crippen molar-refractivity contribution in [3.8, 4) is 5.75 Å². The number of carbonyl (C=O) groups excluding carboxylic acids is 1. The van der Waals surface area contributed by atoms with Crippen molar-refractivity contribution in [2.24, 2.45) is 0 Å². The van der Waals surface area contributed by atoms with Crippen molar-refractivity contribution < 1.29 is 22.7 Å². The third-order valence-electron chi connectivity index (χ3n) is 4.18. The first-order valence-electron chi connectivity index (χ1n) is 9.17. The largest absolute Gasteiger partial charge is 0.494 e. The minimum atomic E-state index is -3.60. The number of anilines is 1. The van der Waals surface area contributed by atoms with Crippen LogP contribution in [-0.4, -0.2) is 78.0 Å². The summed E-state index contributed by atoms with van der Waals surface area (Å²) in [6, 6.07) is 6.73. The van der Waals surface area contributed by atoms with Crippen LogP contribution in [-0.2, 0) is 19.6 Å². The number of sulfonamides is 1. The molecule has 0 bridgehead atoms. The van der Waals surface area contributed by atoms with E-state index in [9.17, 15) is 13.2 Å². The van der Waals surface area contributed by atoms with E-state index in [1.54, 1.807) is 24.3 Å². The molecule has 0 aromatic heterocycles. The molecule has 1 amide bonds. The van der Waals surface area contributed by atoms with E-state index in [0.29, 0.717) is 24.6 Å². The molecule has 1 fully saturated rings. The maximum absolute atomic E-state index is 12.3. The van der Waals surface area contributed by atoms with Crippen molar-refractivity contribution in [1.29, 1.82) is 0 Å². The van der Waals surface area contributed by atoms with Crippen LogP contribution in [0.3, 0.4) is 0 Å². The molecule has 27 heavy (non-hydrogen) atoms. The molecule has 0 radical (unpaired) electrons. The van der Waals surface area contributed by atoms with Gasteiger partial charge in [0.2, 0.25) is 15.9 Å². The average Bonchev–Trinajstić information content (AvgIpc) is 2.64. The molecule has 1 aromatic rings. The normalized spacial score (nSPS) is 15.3. The number of carbonyl (C=O) groups is 1. The van der Waals surface area contributed by atoms with E-state index >= 15 is 0 Å². The fourth-order valence-corrected chi connectivity index (χ4v) is 3.68. The molecule has 0 spiro atoms. The molecule has 152 valence electrons. The van der Waals surface area contributed by atoms with Gasteiger partial charge in [0.15, 0.2) is 0 Å². The zero-order valence-corrected chi connectivity index (χ0v) is 16.8. The maximum Gasteiger partial charge on any atom is 0.240 e. The van der Waals surface area contributed by atoms with Gasteiger partial charge in [0.25, 0.3) is 0 Å². The average molecular weight is 400 g/mol. The second-order valence-electron chi connectivity index (χ2n) is 6.36. The zero-order valence-electron chi connectivity index (χ0n) is 16.0. The number of nitrogens with one attached hydrogen (secondary N) is 1. The van der Waals surface area contributed by atoms with Crippen LogP contribution >= 0.6 is 0 Å². The highest BCUT2D eigenvalue weighted by atomic mass is 32.2. The third-order valence-corrected chi connectivity index (χ3v) is 5.32. The summed E-state index contributed by atoms with van der Waals surface area (Å²) in [4.78, 5) is 14.5. The Hall–Kier alpha value is -1.84. The predicted octanol–water partition coefficient (Wildman–Crippen LogP) is 0.690. The molecule has 0 unspecified atom stereocenters. The second-order valence-corrected chi connectivity index (χ2v) is 8.26. The molecule has 1 heterocycles. The first kappa shape index (κ1) is 21.5. The molecular formula is C18H29N3O5S. The zero-order chi connectivity index (χ0) is 19.7. The highest BCUT2D eigenvalue weighted by Crippen LogP contribution is 2.23. The SMILES string of the molecule is CCOc1cccc(N(CC(=O)NCCCN2CCOCC2)S(C)(=O)=O)c1. The molecular weight excluding hydrogens is 370 g/mol. The summed E-state index contributed by atoms with van der Waals surface area (Å²) < 4.78 is 36.1. The van der Waals surface area contributed by atoms with Crippen molar-refractivity contribution in [2.45, 2.75) is 13.3 Å². The molecule has 1 saturated heterocycles. The maximum atomic E-state index is 12.3. The van der Waals surface area contributed by atoms with Gasteiger partial charge in [-0.3, -0.25) is 14.0 Å². The minimum absolute atomic E-state index is 0.258. The highest BCUT2D eigenvalue weighted by molar-refractivity contribution is 7.92. The van der Waals surface area contributed by atoms with Crippen LogP contribution in [0, 0.1) is 0 Å². The predicted molar refractivity (Wildman–Crippen MR) is 105 cm³/mol. The standard InChI is InChI=1S/C18H29N3O5S/c1-3-26-17-7-4-6-16(14-17)21(27(2,23)24)15-18(22)19-8-5-9-20-10-12-25-13-11-20/h4,6-7,14H,3,5,8-13,15H2,1-2H3,(H,19,22). The van der Waals surface area contributed by atoms with Crippen molar-refractivity contribution in [3.05, 3.63) is 24.3 Å². The second kappa shape index (κ2) is 10.5. The van der Waals surface area contributed by atoms with E-state index in [-0.39, 0.29) is 12.5 Å². The number of nitrogens with zero attached hydrogens (tertiary/aromatic N) is 2. The van der Waals surface area contributed by atoms with E-state index in [4.69, 9.17) is 9.47 Å². The molecule has 1 aliphatic rings. The topological polar surface area (TPSA) is 88.2 Å². The molecule has 0 saturated carbocycles. The first-order valence-corrected chi connectivity index (χ1v) is 11.0. The van der Waals surface area contributed by atoms with E-state index in [1.165, 1.54) is 0 Å². The summed E-state index contributed by atoms with van der Waals surface area (Å²) in [6.07, 6.45) is 1.90. The lowest BCUT2D eigenvalue weighted by Crippen LogP contribution is -2.41. The Kier molecular flexibility index (Phi) is 8.33. The Morgan fingerprint density at radius 3 is 2.74 bits per heavy atom. The van der Waals surface area contributed by atoms with Crippen molar-refractivity contribution in [3.63, 3.8) is 0 Å². The van der Waals surface area contributed by atoms with Crippen LogP contribution < -0.4 is 14.4 Å². The van der Waals surface area contributed by atoms with Crippen LogP contribution in [0.5, 0.6) is 5.75 Å². The van der Waals surface area contributed by atoms with E-state index in [0.717, 1.165) is 49.8 Å². The molecule has 8 nitrogen and oxygen atoms in total. The first-order chi connectivity index (χ1) is 12.9. The number of rotatable bonds is 10. The van der Waals surface area contributed by atoms with Crippen LogP contribution in [0.2, 0.25) is 0 Å². The van der Waals surface area contributed by atoms with Gasteiger partial charge in [0, 0.05) is 25.7 Å². The summed E-state index contributed by atoms with van der Waals surface area (Å²) in [5.41, 5.74) is 0.409. The third kappa shape index (κ3) is 7.36. The van der Waals surface area contributed by atoms with E-state index < -0.39 is 10.0 Å². The van der Waals surface area contributed by atoms with E-state index in [1.807, 2.05) is 6.92 Å². The van der Waals surface area contributed by atoms with Gasteiger partial charge in [-0.2, -0.15) is 0 Å².